The first-order valence-electron chi connectivity index (χ1n) is 5.57. The van der Waals surface area contributed by atoms with Gasteiger partial charge in [0.05, 0.1) is 0 Å². The van der Waals surface area contributed by atoms with Crippen LogP contribution < -0.4 is 0 Å². The van der Waals surface area contributed by atoms with E-state index in [1.54, 1.807) is 16.9 Å². The number of furan rings is 1. The number of aromatic nitrogens is 3. The number of nitrogens with one attached hydrogen (secondary N) is 1. The first-order chi connectivity index (χ1) is 8.69. The van der Waals surface area contributed by atoms with Crippen molar-refractivity contribution in [3.05, 3.63) is 30.1 Å². The van der Waals surface area contributed by atoms with Gasteiger partial charge in [0.15, 0.2) is 5.76 Å². The molecule has 0 amide bonds. The highest BCUT2D eigenvalue weighted by Crippen LogP contribution is 2.28. The number of aromatic amines is 1. The van der Waals surface area contributed by atoms with Gasteiger partial charge >= 0.3 is 5.97 Å². The minimum atomic E-state index is -1.01. The third kappa shape index (κ3) is 1.50. The lowest BCUT2D eigenvalue weighted by Crippen LogP contribution is -1.96. The first kappa shape index (κ1) is 10.6. The number of aryl methyl sites for hydroxylation is 1. The maximum absolute atomic E-state index is 11.2. The van der Waals surface area contributed by atoms with Gasteiger partial charge in [-0.05, 0) is 19.1 Å². The van der Waals surface area contributed by atoms with E-state index in [-0.39, 0.29) is 5.56 Å². The number of fused-ring (bicyclic) bond motifs is 1. The van der Waals surface area contributed by atoms with Crippen LogP contribution in [0.5, 0.6) is 0 Å². The van der Waals surface area contributed by atoms with E-state index >= 15 is 0 Å². The predicted molar refractivity (Wildman–Crippen MR) is 64.4 cm³/mol. The summed E-state index contributed by atoms with van der Waals surface area (Å²) >= 11 is 0. The summed E-state index contributed by atoms with van der Waals surface area (Å²) in [6, 6.07) is 3.64. The second-order valence-corrected chi connectivity index (χ2v) is 3.93. The first-order valence-corrected chi connectivity index (χ1v) is 5.57. The summed E-state index contributed by atoms with van der Waals surface area (Å²) in [4.78, 5) is 14.1. The number of nitrogens with zero attached hydrogens (tertiary/aromatic N) is 2. The molecule has 3 heterocycles. The number of hydrogen-bond acceptors (Lipinski definition) is 3. The Labute approximate surface area is 102 Å². The SMILES string of the molecule is CCn1cc(C(=O)O)c(-c2cc3cc[nH]c3o2)n1. The van der Waals surface area contributed by atoms with E-state index < -0.39 is 5.97 Å². The Kier molecular flexibility index (Phi) is 2.22. The van der Waals surface area contributed by atoms with E-state index in [1.165, 1.54) is 6.20 Å². The summed E-state index contributed by atoms with van der Waals surface area (Å²) in [6.45, 7) is 2.51. The molecule has 0 aliphatic carbocycles. The van der Waals surface area contributed by atoms with Crippen LogP contribution in [0.4, 0.5) is 0 Å². The second-order valence-electron chi connectivity index (χ2n) is 3.93. The molecule has 0 saturated heterocycles. The van der Waals surface area contributed by atoms with Gasteiger partial charge in [-0.3, -0.25) is 4.68 Å². The zero-order valence-corrected chi connectivity index (χ0v) is 9.67. The molecule has 0 bridgehead atoms. The third-order valence-corrected chi connectivity index (χ3v) is 2.79. The fraction of sp³-hybridized carbons (Fsp3) is 0.167. The van der Waals surface area contributed by atoms with Crippen molar-refractivity contribution in [2.45, 2.75) is 13.5 Å². The molecule has 2 N–H and O–H groups in total. The number of aromatic carboxylic acids is 1. The lowest BCUT2D eigenvalue weighted by molar-refractivity contribution is 0.0697. The van der Waals surface area contributed by atoms with E-state index in [1.807, 2.05) is 13.0 Å². The van der Waals surface area contributed by atoms with Crippen LogP contribution in [0, 0.1) is 0 Å². The molecule has 6 heteroatoms. The summed E-state index contributed by atoms with van der Waals surface area (Å²) in [5.41, 5.74) is 1.12. The number of carbonyl (C=O) groups is 1. The van der Waals surface area contributed by atoms with Gasteiger partial charge in [-0.25, -0.2) is 4.79 Å². The number of H-pyrrole nitrogens is 1. The average Bonchev–Trinajstić information content (AvgIpc) is 3.01. The monoisotopic (exact) mass is 245 g/mol. The minimum Gasteiger partial charge on any atom is -0.478 e. The van der Waals surface area contributed by atoms with Gasteiger partial charge in [0.1, 0.15) is 11.3 Å². The number of hydrogen-bond donors (Lipinski definition) is 2. The molecule has 0 aliphatic heterocycles. The molecular formula is C12H11N3O3. The molecule has 92 valence electrons. The fourth-order valence-corrected chi connectivity index (χ4v) is 1.89. The molecular weight excluding hydrogens is 234 g/mol. The predicted octanol–water partition coefficient (Wildman–Crippen LogP) is 2.34. The molecule has 0 aromatic carbocycles. The van der Waals surface area contributed by atoms with Gasteiger partial charge in [0.2, 0.25) is 5.71 Å². The Morgan fingerprint density at radius 2 is 2.44 bits per heavy atom. The van der Waals surface area contributed by atoms with E-state index in [4.69, 9.17) is 9.52 Å². The lowest BCUT2D eigenvalue weighted by atomic mass is 10.2. The molecule has 3 aromatic rings. The van der Waals surface area contributed by atoms with Gasteiger partial charge in [-0.1, -0.05) is 0 Å². The second kappa shape index (κ2) is 3.76. The van der Waals surface area contributed by atoms with Crippen molar-refractivity contribution >= 4 is 17.1 Å². The van der Waals surface area contributed by atoms with Crippen LogP contribution in [0.25, 0.3) is 22.6 Å². The van der Waals surface area contributed by atoms with Gasteiger partial charge in [0, 0.05) is 24.3 Å². The van der Waals surface area contributed by atoms with Crippen LogP contribution in [-0.4, -0.2) is 25.8 Å². The Morgan fingerprint density at radius 1 is 1.61 bits per heavy atom. The molecule has 0 aliphatic rings. The maximum atomic E-state index is 11.2. The highest BCUT2D eigenvalue weighted by atomic mass is 16.4. The Bertz CT molecular complexity index is 691. The molecule has 18 heavy (non-hydrogen) atoms. The van der Waals surface area contributed by atoms with Crippen molar-refractivity contribution in [3.63, 3.8) is 0 Å². The summed E-state index contributed by atoms with van der Waals surface area (Å²) in [5, 5.41) is 14.3. The topological polar surface area (TPSA) is 84.0 Å². The van der Waals surface area contributed by atoms with Crippen LogP contribution in [0.2, 0.25) is 0 Å². The molecule has 0 saturated carbocycles. The highest BCUT2D eigenvalue weighted by Gasteiger charge is 2.20. The van der Waals surface area contributed by atoms with E-state index in [0.29, 0.717) is 23.7 Å². The van der Waals surface area contributed by atoms with Gasteiger partial charge < -0.3 is 14.5 Å². The quantitative estimate of drug-likeness (QED) is 0.741. The zero-order valence-electron chi connectivity index (χ0n) is 9.67. The van der Waals surface area contributed by atoms with Gasteiger partial charge in [-0.2, -0.15) is 5.10 Å². The molecule has 3 aromatic heterocycles. The van der Waals surface area contributed by atoms with Crippen molar-refractivity contribution in [2.75, 3.05) is 0 Å². The van der Waals surface area contributed by atoms with Crippen molar-refractivity contribution in [2.24, 2.45) is 0 Å². The summed E-state index contributed by atoms with van der Waals surface area (Å²) in [7, 11) is 0. The molecule has 6 nitrogen and oxygen atoms in total. The summed E-state index contributed by atoms with van der Waals surface area (Å²) in [5.74, 6) is -0.550. The number of rotatable bonds is 3. The Hall–Kier alpha value is -2.50. The fourth-order valence-electron chi connectivity index (χ4n) is 1.89. The van der Waals surface area contributed by atoms with Crippen LogP contribution >= 0.6 is 0 Å². The minimum absolute atomic E-state index is 0.147. The highest BCUT2D eigenvalue weighted by molar-refractivity contribution is 5.95. The molecule has 0 radical (unpaired) electrons. The van der Waals surface area contributed by atoms with E-state index in [0.717, 1.165) is 5.39 Å². The summed E-state index contributed by atoms with van der Waals surface area (Å²) < 4.78 is 7.13. The Balaban J connectivity index is 2.18. The standard InChI is InChI=1S/C12H11N3O3/c1-2-15-6-8(12(16)17)10(14-15)9-5-7-3-4-13-11(7)18-9/h3-6,13H,2H2,1H3,(H,16,17). The molecule has 0 unspecified atom stereocenters. The smallest absolute Gasteiger partial charge is 0.339 e. The lowest BCUT2D eigenvalue weighted by Gasteiger charge is -1.92. The number of carboxylic acid groups (broad SMARTS) is 1. The van der Waals surface area contributed by atoms with Crippen LogP contribution in [-0.2, 0) is 6.54 Å². The van der Waals surface area contributed by atoms with Gasteiger partial charge in [-0.15, -0.1) is 0 Å². The molecule has 3 rings (SSSR count). The molecule has 0 spiro atoms. The Morgan fingerprint density at radius 3 is 3.11 bits per heavy atom. The molecule has 0 fully saturated rings. The van der Waals surface area contributed by atoms with Crippen molar-refractivity contribution < 1.29 is 14.3 Å². The maximum Gasteiger partial charge on any atom is 0.339 e. The molecule has 0 atom stereocenters. The summed E-state index contributed by atoms with van der Waals surface area (Å²) in [6.07, 6.45) is 3.27. The van der Waals surface area contributed by atoms with E-state index in [2.05, 4.69) is 10.1 Å². The van der Waals surface area contributed by atoms with Crippen molar-refractivity contribution in [1.82, 2.24) is 14.8 Å². The average molecular weight is 245 g/mol. The zero-order chi connectivity index (χ0) is 12.7. The largest absolute Gasteiger partial charge is 0.478 e. The van der Waals surface area contributed by atoms with Crippen molar-refractivity contribution in [1.29, 1.82) is 0 Å². The van der Waals surface area contributed by atoms with E-state index in [9.17, 15) is 4.79 Å². The van der Waals surface area contributed by atoms with Crippen LogP contribution in [0.1, 0.15) is 17.3 Å². The van der Waals surface area contributed by atoms with Crippen LogP contribution in [0.15, 0.2) is 28.9 Å². The van der Waals surface area contributed by atoms with Crippen LogP contribution in [0.3, 0.4) is 0 Å². The number of carboxylic acids is 1. The van der Waals surface area contributed by atoms with Gasteiger partial charge in [0.25, 0.3) is 0 Å². The normalized spacial score (nSPS) is 11.2. The van der Waals surface area contributed by atoms with Crippen molar-refractivity contribution in [3.8, 4) is 11.5 Å². The third-order valence-electron chi connectivity index (χ3n) is 2.79.